The highest BCUT2D eigenvalue weighted by molar-refractivity contribution is 5.27. The van der Waals surface area contributed by atoms with Gasteiger partial charge in [-0.2, -0.15) is 0 Å². The molecule has 17 heavy (non-hydrogen) atoms. The molecule has 0 aromatic carbocycles. The third-order valence-electron chi connectivity index (χ3n) is 4.26. The van der Waals surface area contributed by atoms with Crippen molar-refractivity contribution in [1.29, 1.82) is 0 Å². The lowest BCUT2D eigenvalue weighted by Gasteiger charge is -2.47. The highest BCUT2D eigenvalue weighted by Crippen LogP contribution is 2.50. The summed E-state index contributed by atoms with van der Waals surface area (Å²) in [4.78, 5) is 0. The molecule has 0 aromatic heterocycles. The number of methoxy groups -OCH3 is 2. The second-order valence-corrected chi connectivity index (χ2v) is 5.10. The summed E-state index contributed by atoms with van der Waals surface area (Å²) in [7, 11) is 5.46. The first-order valence-electron chi connectivity index (χ1n) is 6.40. The average Bonchev–Trinajstić information content (AvgIpc) is 2.33. The van der Waals surface area contributed by atoms with Gasteiger partial charge in [0.1, 0.15) is 0 Å². The minimum absolute atomic E-state index is 0.439. The summed E-state index contributed by atoms with van der Waals surface area (Å²) in [5.41, 5.74) is 0.439. The molecule has 3 heteroatoms. The summed E-state index contributed by atoms with van der Waals surface area (Å²) in [5, 5.41) is 3.34. The maximum absolute atomic E-state index is 5.41. The number of rotatable bonds is 5. The van der Waals surface area contributed by atoms with Gasteiger partial charge >= 0.3 is 0 Å². The Balaban J connectivity index is 2.14. The van der Waals surface area contributed by atoms with Crippen LogP contribution in [0, 0.1) is 11.3 Å². The van der Waals surface area contributed by atoms with Gasteiger partial charge in [0, 0.05) is 6.54 Å². The first kappa shape index (κ1) is 12.5. The Morgan fingerprint density at radius 1 is 1.29 bits per heavy atom. The standard InChI is InChI=1S/C14H23NO2/c1-15-10-14(7-4-8-14)11-5-6-12(16-2)13(9-11)17-3/h6,9,11,15H,4-5,7-8,10H2,1-3H3/t11-/m0/s1. The van der Waals surface area contributed by atoms with Crippen LogP contribution < -0.4 is 5.32 Å². The molecule has 0 bridgehead atoms. The van der Waals surface area contributed by atoms with Gasteiger partial charge in [-0.05, 0) is 49.8 Å². The van der Waals surface area contributed by atoms with Crippen LogP contribution in [0.15, 0.2) is 23.7 Å². The lowest BCUT2D eigenvalue weighted by atomic mass is 9.59. The van der Waals surface area contributed by atoms with Gasteiger partial charge in [-0.3, -0.25) is 0 Å². The third-order valence-corrected chi connectivity index (χ3v) is 4.26. The quantitative estimate of drug-likeness (QED) is 0.796. The van der Waals surface area contributed by atoms with Gasteiger partial charge < -0.3 is 14.8 Å². The van der Waals surface area contributed by atoms with E-state index in [0.717, 1.165) is 24.5 Å². The Bertz CT molecular complexity index is 329. The Hall–Kier alpha value is -0.960. The molecule has 1 saturated carbocycles. The van der Waals surface area contributed by atoms with Crippen molar-refractivity contribution in [2.75, 3.05) is 27.8 Å². The smallest absolute Gasteiger partial charge is 0.156 e. The summed E-state index contributed by atoms with van der Waals surface area (Å²) in [5.74, 6) is 2.35. The van der Waals surface area contributed by atoms with Gasteiger partial charge in [-0.25, -0.2) is 0 Å². The minimum Gasteiger partial charge on any atom is -0.493 e. The predicted molar refractivity (Wildman–Crippen MR) is 68.5 cm³/mol. The Morgan fingerprint density at radius 2 is 2.00 bits per heavy atom. The number of hydrogen-bond donors (Lipinski definition) is 1. The molecule has 0 aromatic rings. The van der Waals surface area contributed by atoms with Crippen molar-refractivity contribution in [3.05, 3.63) is 23.7 Å². The Kier molecular flexibility index (Phi) is 3.77. The maximum Gasteiger partial charge on any atom is 0.156 e. The molecule has 1 atom stereocenters. The molecule has 0 heterocycles. The molecule has 3 nitrogen and oxygen atoms in total. The zero-order valence-corrected chi connectivity index (χ0v) is 11.1. The zero-order valence-electron chi connectivity index (χ0n) is 11.1. The van der Waals surface area contributed by atoms with Crippen molar-refractivity contribution in [3.8, 4) is 0 Å². The van der Waals surface area contributed by atoms with E-state index in [1.165, 1.54) is 19.3 Å². The fourth-order valence-corrected chi connectivity index (χ4v) is 3.11. The molecule has 0 saturated heterocycles. The minimum atomic E-state index is 0.439. The largest absolute Gasteiger partial charge is 0.493 e. The average molecular weight is 237 g/mol. The first-order chi connectivity index (χ1) is 8.25. The van der Waals surface area contributed by atoms with Crippen molar-refractivity contribution in [2.24, 2.45) is 11.3 Å². The van der Waals surface area contributed by atoms with E-state index in [1.54, 1.807) is 14.2 Å². The fourth-order valence-electron chi connectivity index (χ4n) is 3.11. The highest BCUT2D eigenvalue weighted by Gasteiger charge is 2.43. The zero-order chi connectivity index (χ0) is 12.3. The van der Waals surface area contributed by atoms with Crippen molar-refractivity contribution in [2.45, 2.75) is 25.7 Å². The second kappa shape index (κ2) is 5.13. The number of allylic oxidation sites excluding steroid dienone is 2. The van der Waals surface area contributed by atoms with Crippen LogP contribution in [-0.2, 0) is 9.47 Å². The molecule has 0 aliphatic heterocycles. The van der Waals surface area contributed by atoms with Crippen LogP contribution >= 0.6 is 0 Å². The summed E-state index contributed by atoms with van der Waals surface area (Å²) in [6.45, 7) is 1.10. The SMILES string of the molecule is CNCC1([C@@H]2C=C(OC)C(OC)=CC2)CCC1. The van der Waals surface area contributed by atoms with E-state index in [1.807, 2.05) is 7.05 Å². The molecule has 0 spiro atoms. The van der Waals surface area contributed by atoms with Gasteiger partial charge in [-0.15, -0.1) is 0 Å². The van der Waals surface area contributed by atoms with E-state index < -0.39 is 0 Å². The predicted octanol–water partition coefficient (Wildman–Crippen LogP) is 2.46. The second-order valence-electron chi connectivity index (χ2n) is 5.10. The van der Waals surface area contributed by atoms with E-state index in [-0.39, 0.29) is 0 Å². The molecule has 2 aliphatic carbocycles. The van der Waals surface area contributed by atoms with Crippen molar-refractivity contribution < 1.29 is 9.47 Å². The van der Waals surface area contributed by atoms with Crippen LogP contribution in [0.1, 0.15) is 25.7 Å². The molecule has 96 valence electrons. The van der Waals surface area contributed by atoms with Gasteiger partial charge in [0.05, 0.1) is 14.2 Å². The molecule has 2 rings (SSSR count). The van der Waals surface area contributed by atoms with Crippen LogP contribution in [0.5, 0.6) is 0 Å². The summed E-state index contributed by atoms with van der Waals surface area (Å²) in [6, 6.07) is 0. The summed E-state index contributed by atoms with van der Waals surface area (Å²) < 4.78 is 10.7. The molecular weight excluding hydrogens is 214 g/mol. The molecule has 1 N–H and O–H groups in total. The van der Waals surface area contributed by atoms with E-state index in [2.05, 4.69) is 17.5 Å². The normalized spacial score (nSPS) is 26.6. The van der Waals surface area contributed by atoms with Crippen LogP contribution in [0.2, 0.25) is 0 Å². The van der Waals surface area contributed by atoms with Crippen molar-refractivity contribution in [1.82, 2.24) is 5.32 Å². The van der Waals surface area contributed by atoms with Crippen LogP contribution in [0.25, 0.3) is 0 Å². The van der Waals surface area contributed by atoms with Crippen LogP contribution in [-0.4, -0.2) is 27.8 Å². The van der Waals surface area contributed by atoms with Crippen molar-refractivity contribution in [3.63, 3.8) is 0 Å². The number of hydrogen-bond acceptors (Lipinski definition) is 3. The first-order valence-corrected chi connectivity index (χ1v) is 6.40. The molecule has 0 unspecified atom stereocenters. The lowest BCUT2D eigenvalue weighted by Crippen LogP contribution is -2.44. The number of nitrogens with one attached hydrogen (secondary N) is 1. The number of ether oxygens (including phenoxy) is 2. The van der Waals surface area contributed by atoms with E-state index >= 15 is 0 Å². The van der Waals surface area contributed by atoms with E-state index in [9.17, 15) is 0 Å². The highest BCUT2D eigenvalue weighted by atomic mass is 16.5. The Morgan fingerprint density at radius 3 is 2.47 bits per heavy atom. The van der Waals surface area contributed by atoms with Crippen LogP contribution in [0.3, 0.4) is 0 Å². The van der Waals surface area contributed by atoms with E-state index in [0.29, 0.717) is 11.3 Å². The molecule has 0 radical (unpaired) electrons. The van der Waals surface area contributed by atoms with E-state index in [4.69, 9.17) is 9.47 Å². The van der Waals surface area contributed by atoms with Crippen LogP contribution in [0.4, 0.5) is 0 Å². The van der Waals surface area contributed by atoms with Gasteiger partial charge in [-0.1, -0.05) is 6.42 Å². The Labute approximate surface area is 104 Å². The molecule has 2 aliphatic rings. The molecular formula is C14H23NO2. The molecule has 1 fully saturated rings. The summed E-state index contributed by atoms with van der Waals surface area (Å²) >= 11 is 0. The van der Waals surface area contributed by atoms with Gasteiger partial charge in [0.25, 0.3) is 0 Å². The lowest BCUT2D eigenvalue weighted by molar-refractivity contribution is 0.0707. The molecule has 0 amide bonds. The van der Waals surface area contributed by atoms with Gasteiger partial charge in [0.2, 0.25) is 0 Å². The topological polar surface area (TPSA) is 30.5 Å². The van der Waals surface area contributed by atoms with Gasteiger partial charge in [0.15, 0.2) is 11.5 Å². The summed E-state index contributed by atoms with van der Waals surface area (Å²) in [6.07, 6.45) is 9.49. The maximum atomic E-state index is 5.41. The third kappa shape index (κ3) is 2.21. The van der Waals surface area contributed by atoms with Crippen molar-refractivity contribution >= 4 is 0 Å². The monoisotopic (exact) mass is 237 g/mol. The fraction of sp³-hybridized carbons (Fsp3) is 0.714.